The number of hydrogen-bond donors (Lipinski definition) is 0. The SMILES string of the molecule is CN(CC(=O)N1CCC(C)(c2nccs2)CC1)Cc1cccnc1. The predicted molar refractivity (Wildman–Crippen MR) is 95.9 cm³/mol. The largest absolute Gasteiger partial charge is 0.342 e. The van der Waals surface area contributed by atoms with Gasteiger partial charge < -0.3 is 4.90 Å². The molecular formula is C18H24N4OS. The molecule has 24 heavy (non-hydrogen) atoms. The van der Waals surface area contributed by atoms with Crippen LogP contribution in [0.1, 0.15) is 30.3 Å². The highest BCUT2D eigenvalue weighted by Gasteiger charge is 2.35. The lowest BCUT2D eigenvalue weighted by molar-refractivity contribution is -0.133. The van der Waals surface area contributed by atoms with E-state index in [4.69, 9.17) is 0 Å². The second-order valence-electron chi connectivity index (χ2n) is 6.81. The molecule has 3 rings (SSSR count). The number of likely N-dealkylation sites (tertiary alicyclic amines) is 1. The van der Waals surface area contributed by atoms with E-state index in [0.717, 1.165) is 38.0 Å². The average molecular weight is 344 g/mol. The molecule has 0 aromatic carbocycles. The van der Waals surface area contributed by atoms with Crippen molar-refractivity contribution in [2.45, 2.75) is 31.7 Å². The summed E-state index contributed by atoms with van der Waals surface area (Å²) in [5.74, 6) is 0.211. The summed E-state index contributed by atoms with van der Waals surface area (Å²) in [6.45, 7) is 5.08. The highest BCUT2D eigenvalue weighted by Crippen LogP contribution is 2.36. The van der Waals surface area contributed by atoms with Crippen molar-refractivity contribution in [2.24, 2.45) is 0 Å². The molecule has 2 aromatic heterocycles. The maximum Gasteiger partial charge on any atom is 0.236 e. The number of likely N-dealkylation sites (N-methyl/N-ethyl adjacent to an activating group) is 1. The lowest BCUT2D eigenvalue weighted by Crippen LogP contribution is -2.46. The second-order valence-corrected chi connectivity index (χ2v) is 7.71. The molecule has 0 N–H and O–H groups in total. The zero-order valence-electron chi connectivity index (χ0n) is 14.3. The van der Waals surface area contributed by atoms with E-state index in [-0.39, 0.29) is 11.3 Å². The molecular weight excluding hydrogens is 320 g/mol. The van der Waals surface area contributed by atoms with Crippen molar-refractivity contribution < 1.29 is 4.79 Å². The molecule has 1 saturated heterocycles. The number of carbonyl (C=O) groups is 1. The number of hydrogen-bond acceptors (Lipinski definition) is 5. The molecule has 0 radical (unpaired) electrons. The lowest BCUT2D eigenvalue weighted by atomic mass is 9.81. The monoisotopic (exact) mass is 344 g/mol. The molecule has 0 bridgehead atoms. The third-order valence-electron chi connectivity index (χ3n) is 4.75. The fraction of sp³-hybridized carbons (Fsp3) is 0.500. The number of aromatic nitrogens is 2. The van der Waals surface area contributed by atoms with E-state index in [0.29, 0.717) is 6.54 Å². The number of nitrogens with zero attached hydrogens (tertiary/aromatic N) is 4. The van der Waals surface area contributed by atoms with E-state index in [2.05, 4.69) is 16.9 Å². The van der Waals surface area contributed by atoms with Crippen LogP contribution in [0.15, 0.2) is 36.1 Å². The zero-order valence-corrected chi connectivity index (χ0v) is 15.1. The van der Waals surface area contributed by atoms with Crippen molar-refractivity contribution in [1.29, 1.82) is 0 Å². The van der Waals surface area contributed by atoms with Gasteiger partial charge >= 0.3 is 0 Å². The summed E-state index contributed by atoms with van der Waals surface area (Å²) in [6, 6.07) is 3.96. The fourth-order valence-electron chi connectivity index (χ4n) is 3.18. The molecule has 128 valence electrons. The van der Waals surface area contributed by atoms with Crippen molar-refractivity contribution >= 4 is 17.2 Å². The maximum absolute atomic E-state index is 12.6. The minimum absolute atomic E-state index is 0.118. The van der Waals surface area contributed by atoms with Gasteiger partial charge in [0.2, 0.25) is 5.91 Å². The summed E-state index contributed by atoms with van der Waals surface area (Å²) in [5.41, 5.74) is 1.25. The van der Waals surface area contributed by atoms with Crippen LogP contribution in [0.4, 0.5) is 0 Å². The number of carbonyl (C=O) groups excluding carboxylic acids is 1. The Bertz CT molecular complexity index is 651. The minimum Gasteiger partial charge on any atom is -0.342 e. The number of piperidine rings is 1. The van der Waals surface area contributed by atoms with E-state index in [9.17, 15) is 4.79 Å². The molecule has 3 heterocycles. The van der Waals surface area contributed by atoms with Crippen molar-refractivity contribution in [3.8, 4) is 0 Å². The Balaban J connectivity index is 1.50. The first kappa shape index (κ1) is 17.0. The highest BCUT2D eigenvalue weighted by atomic mass is 32.1. The van der Waals surface area contributed by atoms with Gasteiger partial charge in [0.25, 0.3) is 0 Å². The van der Waals surface area contributed by atoms with E-state index in [1.807, 2.05) is 46.8 Å². The summed E-state index contributed by atoms with van der Waals surface area (Å²) in [4.78, 5) is 25.2. The molecule has 1 aliphatic heterocycles. The number of thiazole rings is 1. The summed E-state index contributed by atoms with van der Waals surface area (Å²) < 4.78 is 0. The number of pyridine rings is 1. The van der Waals surface area contributed by atoms with Crippen LogP contribution in [0.2, 0.25) is 0 Å². The zero-order chi connectivity index (χ0) is 17.0. The molecule has 0 spiro atoms. The van der Waals surface area contributed by atoms with Gasteiger partial charge in [-0.3, -0.25) is 14.7 Å². The summed E-state index contributed by atoms with van der Waals surface area (Å²) in [5, 5.41) is 3.23. The molecule has 1 fully saturated rings. The molecule has 1 aliphatic rings. The first-order chi connectivity index (χ1) is 11.6. The van der Waals surface area contributed by atoms with E-state index in [1.165, 1.54) is 5.01 Å². The Labute approximate surface area is 147 Å². The Morgan fingerprint density at radius 1 is 1.38 bits per heavy atom. The molecule has 1 amide bonds. The van der Waals surface area contributed by atoms with Gasteiger partial charge in [0.1, 0.15) is 0 Å². The highest BCUT2D eigenvalue weighted by molar-refractivity contribution is 7.09. The van der Waals surface area contributed by atoms with Crippen molar-refractivity contribution in [3.05, 3.63) is 46.7 Å². The minimum atomic E-state index is 0.118. The standard InChI is InChI=1S/C18H24N4OS/c1-18(17-20-8-11-24-17)5-9-22(10-6-18)16(23)14-21(2)13-15-4-3-7-19-12-15/h3-4,7-8,11-12H,5-6,9-10,13-14H2,1-2H3. The molecule has 2 aromatic rings. The van der Waals surface area contributed by atoms with Crippen LogP contribution in [0.3, 0.4) is 0 Å². The van der Waals surface area contributed by atoms with Crippen molar-refractivity contribution in [3.63, 3.8) is 0 Å². The van der Waals surface area contributed by atoms with Gasteiger partial charge in [-0.1, -0.05) is 13.0 Å². The van der Waals surface area contributed by atoms with Crippen molar-refractivity contribution in [1.82, 2.24) is 19.8 Å². The predicted octanol–water partition coefficient (Wildman–Crippen LogP) is 2.55. The maximum atomic E-state index is 12.6. The molecule has 5 nitrogen and oxygen atoms in total. The van der Waals surface area contributed by atoms with Gasteiger partial charge in [-0.2, -0.15) is 0 Å². The Morgan fingerprint density at radius 3 is 2.79 bits per heavy atom. The van der Waals surface area contributed by atoms with Gasteiger partial charge in [-0.15, -0.1) is 11.3 Å². The van der Waals surface area contributed by atoms with Crippen LogP contribution in [-0.2, 0) is 16.8 Å². The lowest BCUT2D eigenvalue weighted by Gasteiger charge is -2.38. The van der Waals surface area contributed by atoms with Gasteiger partial charge in [-0.05, 0) is 31.5 Å². The van der Waals surface area contributed by atoms with Gasteiger partial charge in [0, 0.05) is 49.0 Å². The topological polar surface area (TPSA) is 49.3 Å². The Kier molecular flexibility index (Phi) is 5.26. The first-order valence-electron chi connectivity index (χ1n) is 8.32. The fourth-order valence-corrected chi connectivity index (χ4v) is 4.04. The molecule has 0 unspecified atom stereocenters. The Morgan fingerprint density at radius 2 is 2.17 bits per heavy atom. The number of amides is 1. The van der Waals surface area contributed by atoms with Crippen LogP contribution in [-0.4, -0.2) is 52.4 Å². The van der Waals surface area contributed by atoms with Crippen LogP contribution in [0.5, 0.6) is 0 Å². The van der Waals surface area contributed by atoms with Crippen LogP contribution < -0.4 is 0 Å². The second kappa shape index (κ2) is 7.40. The van der Waals surface area contributed by atoms with E-state index in [1.54, 1.807) is 17.5 Å². The molecule has 0 aliphatic carbocycles. The summed E-state index contributed by atoms with van der Waals surface area (Å²) >= 11 is 1.72. The molecule has 0 saturated carbocycles. The van der Waals surface area contributed by atoms with E-state index < -0.39 is 0 Å². The van der Waals surface area contributed by atoms with Crippen molar-refractivity contribution in [2.75, 3.05) is 26.7 Å². The average Bonchev–Trinajstić information content (AvgIpc) is 3.11. The van der Waals surface area contributed by atoms with Crippen LogP contribution in [0, 0.1) is 0 Å². The third kappa shape index (κ3) is 3.99. The smallest absolute Gasteiger partial charge is 0.236 e. The Hall–Kier alpha value is -1.79. The number of rotatable bonds is 5. The van der Waals surface area contributed by atoms with Crippen LogP contribution in [0.25, 0.3) is 0 Å². The summed E-state index contributed by atoms with van der Waals surface area (Å²) in [7, 11) is 1.98. The van der Waals surface area contributed by atoms with E-state index >= 15 is 0 Å². The van der Waals surface area contributed by atoms with Crippen LogP contribution >= 0.6 is 11.3 Å². The third-order valence-corrected chi connectivity index (χ3v) is 5.83. The molecule has 0 atom stereocenters. The quantitative estimate of drug-likeness (QED) is 0.836. The first-order valence-corrected chi connectivity index (χ1v) is 9.20. The van der Waals surface area contributed by atoms with Gasteiger partial charge in [-0.25, -0.2) is 4.98 Å². The van der Waals surface area contributed by atoms with Gasteiger partial charge in [0.05, 0.1) is 11.6 Å². The van der Waals surface area contributed by atoms with Gasteiger partial charge in [0.15, 0.2) is 0 Å². The normalized spacial score (nSPS) is 17.2. The summed E-state index contributed by atoms with van der Waals surface area (Å²) in [6.07, 6.45) is 7.45. The molecule has 6 heteroatoms.